The predicted octanol–water partition coefficient (Wildman–Crippen LogP) is 10.1. The zero-order chi connectivity index (χ0) is 27.6. The highest BCUT2D eigenvalue weighted by Gasteiger charge is 2.46. The number of anilines is 2. The first-order valence-corrected chi connectivity index (χ1v) is 14.5. The molecule has 196 valence electrons. The number of nitrogens with one attached hydrogen (secondary N) is 1. The smallest absolute Gasteiger partial charge is 0.0714 e. The molecule has 0 aromatic heterocycles. The van der Waals surface area contributed by atoms with E-state index in [2.05, 4.69) is 165 Å². The fraction of sp³-hybridized carbons (Fsp3) is 0.100. The molecule has 2 aliphatic rings. The van der Waals surface area contributed by atoms with Crippen molar-refractivity contribution in [3.8, 4) is 22.3 Å². The Morgan fingerprint density at radius 1 is 0.439 bits per heavy atom. The summed E-state index contributed by atoms with van der Waals surface area (Å²) in [5.41, 5.74) is 15.0. The molecule has 0 aliphatic heterocycles. The van der Waals surface area contributed by atoms with Gasteiger partial charge in [0.25, 0.3) is 0 Å². The zero-order valence-corrected chi connectivity index (χ0v) is 23.4. The van der Waals surface area contributed by atoms with E-state index >= 15 is 0 Å². The molecule has 0 atom stereocenters. The summed E-state index contributed by atoms with van der Waals surface area (Å²) in [4.78, 5) is 0. The maximum absolute atomic E-state index is 3.88. The maximum atomic E-state index is 3.88. The molecule has 8 rings (SSSR count). The topological polar surface area (TPSA) is 12.0 Å². The third-order valence-electron chi connectivity index (χ3n) is 9.34. The van der Waals surface area contributed by atoms with Crippen LogP contribution < -0.4 is 5.32 Å². The van der Waals surface area contributed by atoms with E-state index in [9.17, 15) is 0 Å². The van der Waals surface area contributed by atoms with E-state index in [0.29, 0.717) is 0 Å². The van der Waals surface area contributed by atoms with Crippen molar-refractivity contribution >= 4 is 11.4 Å². The van der Waals surface area contributed by atoms with Crippen LogP contribution in [0.3, 0.4) is 0 Å². The SMILES string of the molecule is CC1(C)c2ccccc2-c2c(Nc3ccc4c(c3)C(c3ccccc3)(c3ccccc3)c3ccccc3-4)cccc21. The molecule has 1 N–H and O–H groups in total. The Labute approximate surface area is 242 Å². The van der Waals surface area contributed by atoms with Crippen LogP contribution in [0, 0.1) is 0 Å². The lowest BCUT2D eigenvalue weighted by atomic mass is 9.67. The minimum Gasteiger partial charge on any atom is -0.355 e. The van der Waals surface area contributed by atoms with Gasteiger partial charge in [0.15, 0.2) is 0 Å². The molecule has 0 heterocycles. The van der Waals surface area contributed by atoms with Crippen molar-refractivity contribution < 1.29 is 0 Å². The first kappa shape index (κ1) is 24.0. The van der Waals surface area contributed by atoms with Gasteiger partial charge in [0.05, 0.1) is 5.41 Å². The Morgan fingerprint density at radius 2 is 1.00 bits per heavy atom. The third-order valence-corrected chi connectivity index (χ3v) is 9.34. The molecule has 6 aromatic rings. The number of benzene rings is 6. The van der Waals surface area contributed by atoms with Crippen molar-refractivity contribution in [3.63, 3.8) is 0 Å². The molecule has 0 fully saturated rings. The van der Waals surface area contributed by atoms with Crippen LogP contribution in [-0.2, 0) is 10.8 Å². The summed E-state index contributed by atoms with van der Waals surface area (Å²) in [6.07, 6.45) is 0. The van der Waals surface area contributed by atoms with E-state index in [1.807, 2.05) is 0 Å². The van der Waals surface area contributed by atoms with Crippen LogP contribution in [0.2, 0.25) is 0 Å². The lowest BCUT2D eigenvalue weighted by Gasteiger charge is -2.34. The Bertz CT molecular complexity index is 1890. The quantitative estimate of drug-likeness (QED) is 0.241. The lowest BCUT2D eigenvalue weighted by Crippen LogP contribution is -2.28. The molecule has 0 amide bonds. The van der Waals surface area contributed by atoms with Crippen LogP contribution in [0.4, 0.5) is 11.4 Å². The van der Waals surface area contributed by atoms with Gasteiger partial charge in [-0.2, -0.15) is 0 Å². The Hall–Kier alpha value is -4.88. The molecule has 1 nitrogen and oxygen atoms in total. The van der Waals surface area contributed by atoms with Crippen LogP contribution in [0.1, 0.15) is 47.2 Å². The number of hydrogen-bond acceptors (Lipinski definition) is 1. The van der Waals surface area contributed by atoms with E-state index in [1.54, 1.807) is 0 Å². The molecule has 0 saturated heterocycles. The van der Waals surface area contributed by atoms with Crippen molar-refractivity contribution in [1.29, 1.82) is 0 Å². The summed E-state index contributed by atoms with van der Waals surface area (Å²) >= 11 is 0. The van der Waals surface area contributed by atoms with Crippen LogP contribution in [-0.4, -0.2) is 0 Å². The number of rotatable bonds is 4. The fourth-order valence-electron chi connectivity index (χ4n) is 7.54. The highest BCUT2D eigenvalue weighted by molar-refractivity contribution is 5.92. The van der Waals surface area contributed by atoms with Gasteiger partial charge in [-0.15, -0.1) is 0 Å². The second-order valence-electron chi connectivity index (χ2n) is 11.8. The van der Waals surface area contributed by atoms with Gasteiger partial charge in [-0.3, -0.25) is 0 Å². The number of hydrogen-bond donors (Lipinski definition) is 1. The molecule has 6 aromatic carbocycles. The minimum absolute atomic E-state index is 0.0288. The summed E-state index contributed by atoms with van der Waals surface area (Å²) in [6.45, 7) is 4.67. The van der Waals surface area contributed by atoms with Gasteiger partial charge in [-0.05, 0) is 68.3 Å². The van der Waals surface area contributed by atoms with Crippen molar-refractivity contribution in [2.75, 3.05) is 5.32 Å². The summed E-state index contributed by atoms with van der Waals surface area (Å²) in [5.74, 6) is 0. The van der Waals surface area contributed by atoms with Gasteiger partial charge >= 0.3 is 0 Å². The van der Waals surface area contributed by atoms with Crippen molar-refractivity contribution in [3.05, 3.63) is 179 Å². The molecule has 0 bridgehead atoms. The van der Waals surface area contributed by atoms with Gasteiger partial charge in [0.2, 0.25) is 0 Å². The van der Waals surface area contributed by atoms with E-state index in [-0.39, 0.29) is 5.41 Å². The van der Waals surface area contributed by atoms with E-state index in [1.165, 1.54) is 55.6 Å². The zero-order valence-electron chi connectivity index (χ0n) is 23.4. The maximum Gasteiger partial charge on any atom is 0.0714 e. The monoisotopic (exact) mass is 525 g/mol. The average molecular weight is 526 g/mol. The highest BCUT2D eigenvalue weighted by Crippen LogP contribution is 2.57. The predicted molar refractivity (Wildman–Crippen MR) is 171 cm³/mol. The van der Waals surface area contributed by atoms with Crippen LogP contribution in [0.25, 0.3) is 22.3 Å². The van der Waals surface area contributed by atoms with Gasteiger partial charge in [-0.25, -0.2) is 0 Å². The van der Waals surface area contributed by atoms with Crippen molar-refractivity contribution in [1.82, 2.24) is 0 Å². The largest absolute Gasteiger partial charge is 0.355 e. The van der Waals surface area contributed by atoms with E-state index in [0.717, 1.165) is 11.4 Å². The highest BCUT2D eigenvalue weighted by atomic mass is 14.9. The van der Waals surface area contributed by atoms with Crippen LogP contribution in [0.15, 0.2) is 146 Å². The van der Waals surface area contributed by atoms with Crippen LogP contribution >= 0.6 is 0 Å². The lowest BCUT2D eigenvalue weighted by molar-refractivity contribution is 0.660. The standard InChI is InChI=1S/C40H31N/c1-39(2)33-20-11-10-19-32(33)38-35(39)22-13-23-37(38)41-29-24-25-31-30-18-9-12-21-34(30)40(36(31)26-29,27-14-5-3-6-15-27)28-16-7-4-8-17-28/h3-26,41H,1-2H3. The van der Waals surface area contributed by atoms with Gasteiger partial charge < -0.3 is 5.32 Å². The third kappa shape index (κ3) is 3.30. The second-order valence-corrected chi connectivity index (χ2v) is 11.8. The number of fused-ring (bicyclic) bond motifs is 6. The van der Waals surface area contributed by atoms with Crippen LogP contribution in [0.5, 0.6) is 0 Å². The molecule has 41 heavy (non-hydrogen) atoms. The summed E-state index contributed by atoms with van der Waals surface area (Å²) in [7, 11) is 0. The Balaban J connectivity index is 1.35. The van der Waals surface area contributed by atoms with Gasteiger partial charge in [0.1, 0.15) is 0 Å². The Kier molecular flexibility index (Phi) is 5.15. The minimum atomic E-state index is -0.403. The van der Waals surface area contributed by atoms with Crippen molar-refractivity contribution in [2.24, 2.45) is 0 Å². The molecule has 0 saturated carbocycles. The normalized spacial score (nSPS) is 15.0. The molecule has 0 unspecified atom stereocenters. The molecule has 0 radical (unpaired) electrons. The molecule has 2 aliphatic carbocycles. The second kappa shape index (κ2) is 8.81. The van der Waals surface area contributed by atoms with Gasteiger partial charge in [0, 0.05) is 22.4 Å². The first-order valence-electron chi connectivity index (χ1n) is 14.5. The molecular formula is C40H31N. The summed E-state index contributed by atoms with van der Waals surface area (Å²) < 4.78 is 0. The molecular weight excluding hydrogens is 494 g/mol. The summed E-state index contributed by atoms with van der Waals surface area (Å²) in [6, 6.07) is 53.4. The Morgan fingerprint density at radius 3 is 1.71 bits per heavy atom. The van der Waals surface area contributed by atoms with Crippen molar-refractivity contribution in [2.45, 2.75) is 24.7 Å². The first-order chi connectivity index (χ1) is 20.1. The van der Waals surface area contributed by atoms with E-state index in [4.69, 9.17) is 0 Å². The average Bonchev–Trinajstić information content (AvgIpc) is 3.45. The van der Waals surface area contributed by atoms with E-state index < -0.39 is 5.41 Å². The van der Waals surface area contributed by atoms with Gasteiger partial charge in [-0.1, -0.05) is 141 Å². The molecule has 0 spiro atoms. The molecule has 1 heteroatoms. The summed E-state index contributed by atoms with van der Waals surface area (Å²) in [5, 5.41) is 3.88. The fourth-order valence-corrected chi connectivity index (χ4v) is 7.54.